The Morgan fingerprint density at radius 2 is 1.69 bits per heavy atom. The molecule has 196 valence electrons. The zero-order valence-corrected chi connectivity index (χ0v) is 23.0. The zero-order valence-electron chi connectivity index (χ0n) is 20.6. The average Bonchev–Trinajstić information content (AvgIpc) is 2.84. The lowest BCUT2D eigenvalue weighted by molar-refractivity contribution is -0.140. The third kappa shape index (κ3) is 7.60. The summed E-state index contributed by atoms with van der Waals surface area (Å²) in [5, 5.41) is 3.57. The monoisotopic (exact) mass is 553 g/mol. The van der Waals surface area contributed by atoms with E-state index in [1.54, 1.807) is 0 Å². The van der Waals surface area contributed by atoms with Crippen molar-refractivity contribution >= 4 is 50.7 Å². The van der Waals surface area contributed by atoms with Crippen molar-refractivity contribution in [1.29, 1.82) is 0 Å². The van der Waals surface area contributed by atoms with Gasteiger partial charge < -0.3 is 10.2 Å². The van der Waals surface area contributed by atoms with Crippen molar-refractivity contribution in [1.82, 2.24) is 10.2 Å². The topological polar surface area (TPSA) is 86.8 Å². The number of carbonyl (C=O) groups is 2. The molecule has 2 aromatic carbocycles. The van der Waals surface area contributed by atoms with E-state index in [0.29, 0.717) is 6.42 Å². The van der Waals surface area contributed by atoms with Gasteiger partial charge >= 0.3 is 0 Å². The van der Waals surface area contributed by atoms with Gasteiger partial charge in [-0.1, -0.05) is 79.7 Å². The molecule has 0 bridgehead atoms. The van der Waals surface area contributed by atoms with Crippen LogP contribution in [0.15, 0.2) is 48.5 Å². The number of carbonyl (C=O) groups excluding carboxylic acids is 2. The molecule has 1 N–H and O–H groups in total. The molecule has 2 aromatic rings. The molecule has 1 atom stereocenters. The molecule has 1 aliphatic rings. The van der Waals surface area contributed by atoms with Crippen LogP contribution in [0, 0.1) is 0 Å². The number of hydrogen-bond donors (Lipinski definition) is 1. The second-order valence-corrected chi connectivity index (χ2v) is 11.9. The molecule has 10 heteroatoms. The molecule has 0 aliphatic heterocycles. The summed E-state index contributed by atoms with van der Waals surface area (Å²) in [6.07, 6.45) is 6.57. The summed E-state index contributed by atoms with van der Waals surface area (Å²) in [6, 6.07) is 13.1. The van der Waals surface area contributed by atoms with E-state index in [1.165, 1.54) is 23.1 Å². The predicted octanol–water partition coefficient (Wildman–Crippen LogP) is 5.02. The van der Waals surface area contributed by atoms with Gasteiger partial charge in [0.1, 0.15) is 12.6 Å². The first-order chi connectivity index (χ1) is 17.1. The van der Waals surface area contributed by atoms with Gasteiger partial charge in [0.25, 0.3) is 0 Å². The molecule has 1 fully saturated rings. The van der Waals surface area contributed by atoms with Crippen LogP contribution in [-0.2, 0) is 26.2 Å². The maximum atomic E-state index is 13.7. The number of halogens is 2. The molecule has 3 rings (SSSR count). The molecule has 1 aliphatic carbocycles. The van der Waals surface area contributed by atoms with Crippen LogP contribution in [0.5, 0.6) is 0 Å². The minimum atomic E-state index is -3.84. The normalized spacial score (nSPS) is 15.2. The van der Waals surface area contributed by atoms with Crippen LogP contribution in [0.2, 0.25) is 10.0 Å². The molecule has 0 heterocycles. The van der Waals surface area contributed by atoms with Gasteiger partial charge in [-0.3, -0.25) is 13.9 Å². The summed E-state index contributed by atoms with van der Waals surface area (Å²) in [6.45, 7) is 1.55. The van der Waals surface area contributed by atoms with Gasteiger partial charge in [0, 0.05) is 12.6 Å². The lowest BCUT2D eigenvalue weighted by atomic mass is 9.95. The van der Waals surface area contributed by atoms with Crippen molar-refractivity contribution in [3.63, 3.8) is 0 Å². The van der Waals surface area contributed by atoms with Crippen molar-refractivity contribution in [2.75, 3.05) is 17.1 Å². The van der Waals surface area contributed by atoms with E-state index >= 15 is 0 Å². The number of anilines is 1. The van der Waals surface area contributed by atoms with Crippen LogP contribution in [0.1, 0.15) is 51.0 Å². The Morgan fingerprint density at radius 1 is 1.03 bits per heavy atom. The van der Waals surface area contributed by atoms with Gasteiger partial charge in [0.15, 0.2) is 0 Å². The van der Waals surface area contributed by atoms with Crippen LogP contribution < -0.4 is 9.62 Å². The highest BCUT2D eigenvalue weighted by atomic mass is 35.5. The van der Waals surface area contributed by atoms with Gasteiger partial charge in [-0.2, -0.15) is 0 Å². The lowest BCUT2D eigenvalue weighted by Crippen LogP contribution is -2.53. The van der Waals surface area contributed by atoms with Crippen LogP contribution in [0.3, 0.4) is 0 Å². The molecule has 0 unspecified atom stereocenters. The van der Waals surface area contributed by atoms with E-state index < -0.39 is 28.5 Å². The van der Waals surface area contributed by atoms with Gasteiger partial charge in [-0.25, -0.2) is 8.42 Å². The fourth-order valence-corrected chi connectivity index (χ4v) is 5.63. The number of benzene rings is 2. The maximum absolute atomic E-state index is 13.7. The summed E-state index contributed by atoms with van der Waals surface area (Å²) in [5.74, 6) is -0.699. The molecule has 0 aromatic heterocycles. The highest BCUT2D eigenvalue weighted by Gasteiger charge is 2.32. The molecule has 0 saturated heterocycles. The van der Waals surface area contributed by atoms with Crippen molar-refractivity contribution in [3.05, 3.63) is 64.1 Å². The quantitative estimate of drug-likeness (QED) is 0.447. The van der Waals surface area contributed by atoms with Crippen molar-refractivity contribution in [2.45, 2.75) is 64.1 Å². The number of rotatable bonds is 10. The first-order valence-electron chi connectivity index (χ1n) is 12.2. The molecule has 0 radical (unpaired) electrons. The molecule has 2 amide bonds. The summed E-state index contributed by atoms with van der Waals surface area (Å²) >= 11 is 12.1. The maximum Gasteiger partial charge on any atom is 0.244 e. The molecule has 7 nitrogen and oxygen atoms in total. The summed E-state index contributed by atoms with van der Waals surface area (Å²) < 4.78 is 26.3. The minimum absolute atomic E-state index is 0.0951. The Kier molecular flexibility index (Phi) is 10.0. The first-order valence-corrected chi connectivity index (χ1v) is 14.8. The smallest absolute Gasteiger partial charge is 0.244 e. The lowest BCUT2D eigenvalue weighted by Gasteiger charge is -2.34. The summed E-state index contributed by atoms with van der Waals surface area (Å²) in [5.41, 5.74) is 1.06. The van der Waals surface area contributed by atoms with Gasteiger partial charge in [0.2, 0.25) is 21.8 Å². The van der Waals surface area contributed by atoms with Gasteiger partial charge in [-0.15, -0.1) is 0 Å². The van der Waals surface area contributed by atoms with E-state index in [-0.39, 0.29) is 34.2 Å². The fraction of sp³-hybridized carbons (Fsp3) is 0.462. The molecule has 0 spiro atoms. The second-order valence-electron chi connectivity index (χ2n) is 9.14. The second kappa shape index (κ2) is 12.8. The fourth-order valence-electron chi connectivity index (χ4n) is 4.50. The Labute approximate surface area is 223 Å². The predicted molar refractivity (Wildman–Crippen MR) is 145 cm³/mol. The van der Waals surface area contributed by atoms with E-state index in [9.17, 15) is 18.0 Å². The highest BCUT2D eigenvalue weighted by molar-refractivity contribution is 7.92. The van der Waals surface area contributed by atoms with E-state index in [1.807, 2.05) is 37.3 Å². The highest BCUT2D eigenvalue weighted by Crippen LogP contribution is 2.29. The van der Waals surface area contributed by atoms with Crippen LogP contribution in [-0.4, -0.2) is 50.0 Å². The molecular weight excluding hydrogens is 521 g/mol. The Balaban J connectivity index is 1.90. The van der Waals surface area contributed by atoms with E-state index in [4.69, 9.17) is 23.2 Å². The van der Waals surface area contributed by atoms with Crippen molar-refractivity contribution in [2.24, 2.45) is 0 Å². The first kappa shape index (κ1) is 28.3. The van der Waals surface area contributed by atoms with Crippen molar-refractivity contribution < 1.29 is 18.0 Å². The van der Waals surface area contributed by atoms with E-state index in [0.717, 1.165) is 48.2 Å². The Bertz CT molecular complexity index is 1160. The van der Waals surface area contributed by atoms with Gasteiger partial charge in [-0.05, 0) is 43.0 Å². The number of sulfonamides is 1. The summed E-state index contributed by atoms with van der Waals surface area (Å²) in [4.78, 5) is 28.5. The zero-order chi connectivity index (χ0) is 26.3. The minimum Gasteiger partial charge on any atom is -0.352 e. The number of nitrogens with zero attached hydrogens (tertiary/aromatic N) is 2. The largest absolute Gasteiger partial charge is 0.352 e. The molecule has 1 saturated carbocycles. The Hall–Kier alpha value is -2.29. The third-order valence-electron chi connectivity index (χ3n) is 6.40. The number of amides is 2. The Morgan fingerprint density at radius 3 is 2.28 bits per heavy atom. The van der Waals surface area contributed by atoms with Crippen LogP contribution >= 0.6 is 23.2 Å². The summed E-state index contributed by atoms with van der Waals surface area (Å²) in [7, 11) is -3.84. The SMILES string of the molecule is CC[C@@H](C(=O)NC1CCCCC1)N(Cc1ccccc1)C(=O)CN(c1ccc(Cl)c(Cl)c1)S(C)(=O)=O. The van der Waals surface area contributed by atoms with Crippen LogP contribution in [0.4, 0.5) is 5.69 Å². The van der Waals surface area contributed by atoms with E-state index in [2.05, 4.69) is 5.32 Å². The average molecular weight is 555 g/mol. The molecular formula is C26H33Cl2N3O4S. The standard InChI is InChI=1S/C26H33Cl2N3O4S/c1-3-24(26(33)29-20-12-8-5-9-13-20)30(17-19-10-6-4-7-11-19)25(32)18-31(36(2,34)35)21-14-15-22(27)23(28)16-21/h4,6-7,10-11,14-16,20,24H,3,5,8-9,12-13,17-18H2,1-2H3,(H,29,33)/t24-/m0/s1. The third-order valence-corrected chi connectivity index (χ3v) is 8.28. The molecule has 36 heavy (non-hydrogen) atoms. The van der Waals surface area contributed by atoms with Gasteiger partial charge in [0.05, 0.1) is 22.0 Å². The number of hydrogen-bond acceptors (Lipinski definition) is 4. The van der Waals surface area contributed by atoms with Crippen molar-refractivity contribution in [3.8, 4) is 0 Å². The number of nitrogens with one attached hydrogen (secondary N) is 1. The van der Waals surface area contributed by atoms with Crippen LogP contribution in [0.25, 0.3) is 0 Å².